The minimum absolute atomic E-state index is 0.206. The number of hydrogen-bond donors (Lipinski definition) is 1. The molecule has 0 amide bonds. The van der Waals surface area contributed by atoms with E-state index in [9.17, 15) is 23.1 Å². The predicted octanol–water partition coefficient (Wildman–Crippen LogP) is 3.82. The van der Waals surface area contributed by atoms with E-state index in [-0.39, 0.29) is 12.1 Å². The molecule has 2 heterocycles. The Morgan fingerprint density at radius 2 is 1.71 bits per heavy atom. The first kappa shape index (κ1) is 20.9. The van der Waals surface area contributed by atoms with Gasteiger partial charge in [-0.25, -0.2) is 4.68 Å². The van der Waals surface area contributed by atoms with Crippen molar-refractivity contribution in [3.05, 3.63) is 76.1 Å². The fraction of sp³-hybridized carbons (Fsp3) is 0.273. The zero-order valence-corrected chi connectivity index (χ0v) is 16.3. The average Bonchev–Trinajstić information content (AvgIpc) is 2.99. The summed E-state index contributed by atoms with van der Waals surface area (Å²) in [5.74, 6) is 1.21. The molecule has 0 spiro atoms. The van der Waals surface area contributed by atoms with Gasteiger partial charge in [0.2, 0.25) is 0 Å². The number of aromatic nitrogens is 2. The SMILES string of the molecule is O=c1ccc(-c2ccc3c(c2)OCCCO3)nn1C[C@H](O)c1ccc(C(F)(F)F)cc1. The molecule has 0 bridgehead atoms. The van der Waals surface area contributed by atoms with Crippen LogP contribution < -0.4 is 15.0 Å². The Bertz CT molecular complexity index is 1130. The largest absolute Gasteiger partial charge is 0.490 e. The van der Waals surface area contributed by atoms with Crippen LogP contribution in [0.2, 0.25) is 0 Å². The van der Waals surface area contributed by atoms with E-state index in [1.54, 1.807) is 24.3 Å². The molecule has 4 rings (SSSR count). The number of aliphatic hydroxyl groups is 1. The molecule has 1 atom stereocenters. The van der Waals surface area contributed by atoms with Crippen molar-refractivity contribution in [1.82, 2.24) is 9.78 Å². The lowest BCUT2D eigenvalue weighted by atomic mass is 10.1. The van der Waals surface area contributed by atoms with Gasteiger partial charge in [-0.15, -0.1) is 0 Å². The summed E-state index contributed by atoms with van der Waals surface area (Å²) in [4.78, 5) is 12.2. The van der Waals surface area contributed by atoms with Gasteiger partial charge in [0.15, 0.2) is 11.5 Å². The van der Waals surface area contributed by atoms with E-state index < -0.39 is 23.4 Å². The van der Waals surface area contributed by atoms with Crippen LogP contribution in [0.25, 0.3) is 11.3 Å². The highest BCUT2D eigenvalue weighted by Gasteiger charge is 2.30. The van der Waals surface area contributed by atoms with Crippen LogP contribution >= 0.6 is 0 Å². The molecule has 31 heavy (non-hydrogen) atoms. The Morgan fingerprint density at radius 1 is 1.00 bits per heavy atom. The zero-order valence-electron chi connectivity index (χ0n) is 16.3. The summed E-state index contributed by atoms with van der Waals surface area (Å²) in [6.07, 6.45) is -4.89. The second-order valence-electron chi connectivity index (χ2n) is 7.09. The summed E-state index contributed by atoms with van der Waals surface area (Å²) < 4.78 is 50.5. The van der Waals surface area contributed by atoms with Crippen LogP contribution in [0, 0.1) is 0 Å². The van der Waals surface area contributed by atoms with E-state index in [2.05, 4.69) is 5.10 Å². The highest BCUT2D eigenvalue weighted by atomic mass is 19.4. The Balaban J connectivity index is 1.57. The number of benzene rings is 2. The van der Waals surface area contributed by atoms with Crippen molar-refractivity contribution in [3.8, 4) is 22.8 Å². The van der Waals surface area contributed by atoms with E-state index >= 15 is 0 Å². The smallest absolute Gasteiger partial charge is 0.416 e. The molecule has 0 saturated heterocycles. The van der Waals surface area contributed by atoms with Crippen molar-refractivity contribution >= 4 is 0 Å². The minimum Gasteiger partial charge on any atom is -0.490 e. The predicted molar refractivity (Wildman–Crippen MR) is 106 cm³/mol. The quantitative estimate of drug-likeness (QED) is 0.679. The van der Waals surface area contributed by atoms with Crippen molar-refractivity contribution < 1.29 is 27.8 Å². The fourth-order valence-electron chi connectivity index (χ4n) is 3.22. The second kappa shape index (κ2) is 8.43. The van der Waals surface area contributed by atoms with Gasteiger partial charge in [0.25, 0.3) is 5.56 Å². The summed E-state index contributed by atoms with van der Waals surface area (Å²) in [6.45, 7) is 0.891. The lowest BCUT2D eigenvalue weighted by Gasteiger charge is -2.15. The normalized spacial score (nSPS) is 14.7. The van der Waals surface area contributed by atoms with Crippen LogP contribution in [0.1, 0.15) is 23.7 Å². The molecular formula is C22H19F3N2O4. The minimum atomic E-state index is -4.46. The van der Waals surface area contributed by atoms with Gasteiger partial charge >= 0.3 is 6.18 Å². The number of fused-ring (bicyclic) bond motifs is 1. The molecule has 1 aliphatic heterocycles. The van der Waals surface area contributed by atoms with E-state index in [0.717, 1.165) is 23.2 Å². The molecule has 1 N–H and O–H groups in total. The molecule has 0 saturated carbocycles. The average molecular weight is 432 g/mol. The fourth-order valence-corrected chi connectivity index (χ4v) is 3.22. The third-order valence-corrected chi connectivity index (χ3v) is 4.88. The first-order valence-corrected chi connectivity index (χ1v) is 9.65. The second-order valence-corrected chi connectivity index (χ2v) is 7.09. The summed E-state index contributed by atoms with van der Waals surface area (Å²) in [5, 5.41) is 14.7. The maximum atomic E-state index is 12.7. The van der Waals surface area contributed by atoms with Crippen LogP contribution in [-0.2, 0) is 12.7 Å². The van der Waals surface area contributed by atoms with Crippen molar-refractivity contribution in [2.45, 2.75) is 25.2 Å². The van der Waals surface area contributed by atoms with Crippen LogP contribution in [0.3, 0.4) is 0 Å². The van der Waals surface area contributed by atoms with Gasteiger partial charge in [0, 0.05) is 18.1 Å². The monoisotopic (exact) mass is 432 g/mol. The lowest BCUT2D eigenvalue weighted by Crippen LogP contribution is -2.25. The molecule has 1 aromatic heterocycles. The molecule has 0 aliphatic carbocycles. The van der Waals surface area contributed by atoms with Crippen molar-refractivity contribution in [2.75, 3.05) is 13.2 Å². The van der Waals surface area contributed by atoms with Crippen LogP contribution in [0.15, 0.2) is 59.4 Å². The maximum Gasteiger partial charge on any atom is 0.416 e. The molecule has 3 aromatic rings. The number of hydrogen-bond acceptors (Lipinski definition) is 5. The van der Waals surface area contributed by atoms with Crippen molar-refractivity contribution in [1.29, 1.82) is 0 Å². The number of ether oxygens (including phenoxy) is 2. The molecule has 0 unspecified atom stereocenters. The van der Waals surface area contributed by atoms with Gasteiger partial charge < -0.3 is 14.6 Å². The Morgan fingerprint density at radius 3 is 2.42 bits per heavy atom. The topological polar surface area (TPSA) is 73.6 Å². The van der Waals surface area contributed by atoms with Crippen LogP contribution in [-0.4, -0.2) is 28.1 Å². The summed E-state index contributed by atoms with van der Waals surface area (Å²) in [7, 11) is 0. The van der Waals surface area contributed by atoms with Gasteiger partial charge in [-0.3, -0.25) is 4.79 Å². The molecule has 6 nitrogen and oxygen atoms in total. The molecule has 2 aromatic carbocycles. The maximum absolute atomic E-state index is 12.7. The Labute approximate surface area is 175 Å². The molecule has 0 fully saturated rings. The highest BCUT2D eigenvalue weighted by Crippen LogP contribution is 2.33. The zero-order chi connectivity index (χ0) is 22.0. The molecule has 1 aliphatic rings. The van der Waals surface area contributed by atoms with E-state index in [1.165, 1.54) is 18.2 Å². The van der Waals surface area contributed by atoms with Gasteiger partial charge in [-0.05, 0) is 42.0 Å². The number of rotatable bonds is 4. The van der Waals surface area contributed by atoms with E-state index in [1.807, 2.05) is 0 Å². The molecule has 9 heteroatoms. The van der Waals surface area contributed by atoms with Crippen LogP contribution in [0.4, 0.5) is 13.2 Å². The van der Waals surface area contributed by atoms with Gasteiger partial charge in [-0.1, -0.05) is 12.1 Å². The lowest BCUT2D eigenvalue weighted by molar-refractivity contribution is -0.137. The Kier molecular flexibility index (Phi) is 5.69. The third-order valence-electron chi connectivity index (χ3n) is 4.88. The first-order chi connectivity index (χ1) is 14.8. The van der Waals surface area contributed by atoms with E-state index in [0.29, 0.717) is 36.0 Å². The number of nitrogens with zero attached hydrogens (tertiary/aromatic N) is 2. The molecular weight excluding hydrogens is 413 g/mol. The molecule has 162 valence electrons. The summed E-state index contributed by atoms with van der Waals surface area (Å²) in [6, 6.07) is 12.4. The number of halogens is 3. The van der Waals surface area contributed by atoms with Crippen LogP contribution in [0.5, 0.6) is 11.5 Å². The van der Waals surface area contributed by atoms with Crippen molar-refractivity contribution in [2.24, 2.45) is 0 Å². The highest BCUT2D eigenvalue weighted by molar-refractivity contribution is 5.63. The summed E-state index contributed by atoms with van der Waals surface area (Å²) in [5.41, 5.74) is 0.179. The van der Waals surface area contributed by atoms with Gasteiger partial charge in [0.05, 0.1) is 37.1 Å². The number of aliphatic hydroxyl groups excluding tert-OH is 1. The standard InChI is InChI=1S/C22H19F3N2O4/c23-22(24,25)16-5-2-14(3-6-16)18(28)13-27-21(29)9-7-17(26-27)15-4-8-19-20(12-15)31-11-1-10-30-19/h2-9,12,18,28H,1,10-11,13H2/t18-/m0/s1. The van der Waals surface area contributed by atoms with Gasteiger partial charge in [-0.2, -0.15) is 18.3 Å². The van der Waals surface area contributed by atoms with E-state index in [4.69, 9.17) is 9.47 Å². The first-order valence-electron chi connectivity index (χ1n) is 9.65. The van der Waals surface area contributed by atoms with Crippen molar-refractivity contribution in [3.63, 3.8) is 0 Å². The Hall–Kier alpha value is -3.33. The summed E-state index contributed by atoms with van der Waals surface area (Å²) >= 11 is 0. The third kappa shape index (κ3) is 4.72. The number of alkyl halides is 3. The molecule has 0 radical (unpaired) electrons. The van der Waals surface area contributed by atoms with Gasteiger partial charge in [0.1, 0.15) is 0 Å².